The van der Waals surface area contributed by atoms with E-state index in [0.29, 0.717) is 6.10 Å². The molecular formula is C15H21NO3. The molecule has 1 aliphatic rings. The van der Waals surface area contributed by atoms with E-state index in [2.05, 4.69) is 4.90 Å². The first-order valence-corrected chi connectivity index (χ1v) is 6.72. The van der Waals surface area contributed by atoms with Crippen molar-refractivity contribution in [2.45, 2.75) is 31.9 Å². The summed E-state index contributed by atoms with van der Waals surface area (Å²) in [5.41, 5.74) is 2.05. The average molecular weight is 263 g/mol. The summed E-state index contributed by atoms with van der Waals surface area (Å²) in [5.74, 6) is -0.773. The van der Waals surface area contributed by atoms with E-state index in [-0.39, 0.29) is 6.42 Å². The minimum atomic E-state index is -0.773. The predicted molar refractivity (Wildman–Crippen MR) is 73.1 cm³/mol. The zero-order valence-corrected chi connectivity index (χ0v) is 11.3. The van der Waals surface area contributed by atoms with E-state index < -0.39 is 5.97 Å². The first kappa shape index (κ1) is 14.0. The third-order valence-electron chi connectivity index (χ3n) is 3.72. The van der Waals surface area contributed by atoms with Gasteiger partial charge in [-0.15, -0.1) is 0 Å². The molecule has 2 rings (SSSR count). The van der Waals surface area contributed by atoms with Gasteiger partial charge >= 0.3 is 5.97 Å². The maximum absolute atomic E-state index is 10.9. The lowest BCUT2D eigenvalue weighted by Crippen LogP contribution is -2.36. The number of benzene rings is 1. The number of hydrogen-bond donors (Lipinski definition) is 1. The molecule has 0 amide bonds. The van der Waals surface area contributed by atoms with Crippen LogP contribution in [0.5, 0.6) is 0 Å². The molecule has 0 aliphatic carbocycles. The minimum Gasteiger partial charge on any atom is -0.481 e. The summed E-state index contributed by atoms with van der Waals surface area (Å²) in [4.78, 5) is 13.2. The van der Waals surface area contributed by atoms with Crippen LogP contribution in [0.15, 0.2) is 24.3 Å². The zero-order valence-electron chi connectivity index (χ0n) is 11.3. The van der Waals surface area contributed by atoms with Gasteiger partial charge in [0.25, 0.3) is 0 Å². The molecule has 0 bridgehead atoms. The van der Waals surface area contributed by atoms with Gasteiger partial charge in [-0.1, -0.05) is 24.3 Å². The lowest BCUT2D eigenvalue weighted by atomic mass is 10.0. The Labute approximate surface area is 114 Å². The Bertz CT molecular complexity index is 425. The highest BCUT2D eigenvalue weighted by Gasteiger charge is 2.19. The highest BCUT2D eigenvalue weighted by Crippen LogP contribution is 2.18. The standard InChI is InChI=1S/C15H21NO3/c1-19-14-6-8-16(9-7-14)11-13-5-3-2-4-12(13)10-15(17)18/h2-5,14H,6-11H2,1H3,(H,17,18). The Kier molecular flexibility index (Phi) is 4.93. The summed E-state index contributed by atoms with van der Waals surface area (Å²) in [6.45, 7) is 2.86. The number of aliphatic carboxylic acids is 1. The van der Waals surface area contributed by atoms with Crippen molar-refractivity contribution in [3.05, 3.63) is 35.4 Å². The molecule has 4 nitrogen and oxygen atoms in total. The molecule has 0 atom stereocenters. The molecule has 1 N–H and O–H groups in total. The highest BCUT2D eigenvalue weighted by atomic mass is 16.5. The van der Waals surface area contributed by atoms with Gasteiger partial charge in [0.1, 0.15) is 0 Å². The Morgan fingerprint density at radius 1 is 1.32 bits per heavy atom. The molecule has 104 valence electrons. The van der Waals surface area contributed by atoms with Crippen LogP contribution in [0.25, 0.3) is 0 Å². The second-order valence-corrected chi connectivity index (χ2v) is 5.05. The van der Waals surface area contributed by atoms with E-state index in [9.17, 15) is 4.79 Å². The number of likely N-dealkylation sites (tertiary alicyclic amines) is 1. The molecule has 0 spiro atoms. The summed E-state index contributed by atoms with van der Waals surface area (Å²) in [6.07, 6.45) is 2.59. The lowest BCUT2D eigenvalue weighted by Gasteiger charge is -2.31. The van der Waals surface area contributed by atoms with Gasteiger partial charge < -0.3 is 9.84 Å². The number of piperidine rings is 1. The summed E-state index contributed by atoms with van der Waals surface area (Å²) < 4.78 is 5.36. The zero-order chi connectivity index (χ0) is 13.7. The van der Waals surface area contributed by atoms with Crippen molar-refractivity contribution in [1.82, 2.24) is 4.90 Å². The molecular weight excluding hydrogens is 242 g/mol. The lowest BCUT2D eigenvalue weighted by molar-refractivity contribution is -0.136. The predicted octanol–water partition coefficient (Wildman–Crippen LogP) is 1.92. The Morgan fingerprint density at radius 2 is 1.95 bits per heavy atom. The highest BCUT2D eigenvalue weighted by molar-refractivity contribution is 5.70. The molecule has 1 saturated heterocycles. The number of hydrogen-bond acceptors (Lipinski definition) is 3. The summed E-state index contributed by atoms with van der Waals surface area (Å²) in [5, 5.41) is 8.93. The number of nitrogens with zero attached hydrogens (tertiary/aromatic N) is 1. The molecule has 1 heterocycles. The van der Waals surface area contributed by atoms with Crippen molar-refractivity contribution < 1.29 is 14.6 Å². The average Bonchev–Trinajstić information content (AvgIpc) is 2.41. The molecule has 0 saturated carbocycles. The third-order valence-corrected chi connectivity index (χ3v) is 3.72. The number of rotatable bonds is 5. The van der Waals surface area contributed by atoms with Crippen LogP contribution >= 0.6 is 0 Å². The molecule has 1 aromatic carbocycles. The molecule has 4 heteroatoms. The summed E-state index contributed by atoms with van der Waals surface area (Å²) in [7, 11) is 1.77. The number of ether oxygens (including phenoxy) is 1. The Hall–Kier alpha value is -1.39. The molecule has 1 fully saturated rings. The Balaban J connectivity index is 1.97. The van der Waals surface area contributed by atoms with E-state index in [4.69, 9.17) is 9.84 Å². The quantitative estimate of drug-likeness (QED) is 0.882. The van der Waals surface area contributed by atoms with Crippen LogP contribution in [-0.4, -0.2) is 42.3 Å². The van der Waals surface area contributed by atoms with Crippen molar-refractivity contribution in [2.24, 2.45) is 0 Å². The van der Waals surface area contributed by atoms with Crippen LogP contribution in [0.3, 0.4) is 0 Å². The fourth-order valence-corrected chi connectivity index (χ4v) is 2.59. The maximum atomic E-state index is 10.9. The van der Waals surface area contributed by atoms with Gasteiger partial charge in [0, 0.05) is 26.7 Å². The third kappa shape index (κ3) is 4.04. The van der Waals surface area contributed by atoms with Crippen molar-refractivity contribution in [1.29, 1.82) is 0 Å². The van der Waals surface area contributed by atoms with Gasteiger partial charge in [-0.3, -0.25) is 9.69 Å². The normalized spacial score (nSPS) is 17.5. The van der Waals surface area contributed by atoms with Crippen molar-refractivity contribution in [3.63, 3.8) is 0 Å². The first-order chi connectivity index (χ1) is 9.19. The van der Waals surface area contributed by atoms with Crippen molar-refractivity contribution in [3.8, 4) is 0 Å². The number of methoxy groups -OCH3 is 1. The first-order valence-electron chi connectivity index (χ1n) is 6.72. The van der Waals surface area contributed by atoms with Crippen LogP contribution in [-0.2, 0) is 22.5 Å². The molecule has 0 radical (unpaired) electrons. The summed E-state index contributed by atoms with van der Waals surface area (Å²) >= 11 is 0. The van der Waals surface area contributed by atoms with E-state index in [1.807, 2.05) is 24.3 Å². The monoisotopic (exact) mass is 263 g/mol. The molecule has 1 aliphatic heterocycles. The van der Waals surface area contributed by atoms with Crippen LogP contribution in [0, 0.1) is 0 Å². The minimum absolute atomic E-state index is 0.102. The van der Waals surface area contributed by atoms with Gasteiger partial charge in [0.15, 0.2) is 0 Å². The molecule has 1 aromatic rings. The number of carboxylic acids is 1. The number of carbonyl (C=O) groups is 1. The topological polar surface area (TPSA) is 49.8 Å². The van der Waals surface area contributed by atoms with Gasteiger partial charge in [0.2, 0.25) is 0 Å². The fraction of sp³-hybridized carbons (Fsp3) is 0.533. The van der Waals surface area contributed by atoms with Crippen LogP contribution in [0.1, 0.15) is 24.0 Å². The van der Waals surface area contributed by atoms with E-state index >= 15 is 0 Å². The second-order valence-electron chi connectivity index (χ2n) is 5.05. The molecule has 0 aromatic heterocycles. The maximum Gasteiger partial charge on any atom is 0.307 e. The van der Waals surface area contributed by atoms with Crippen LogP contribution in [0.2, 0.25) is 0 Å². The van der Waals surface area contributed by atoms with Crippen molar-refractivity contribution >= 4 is 5.97 Å². The van der Waals surface area contributed by atoms with Crippen molar-refractivity contribution in [2.75, 3.05) is 20.2 Å². The van der Waals surface area contributed by atoms with Gasteiger partial charge in [0.05, 0.1) is 12.5 Å². The fourth-order valence-electron chi connectivity index (χ4n) is 2.59. The van der Waals surface area contributed by atoms with E-state index in [0.717, 1.165) is 43.6 Å². The van der Waals surface area contributed by atoms with E-state index in [1.165, 1.54) is 0 Å². The van der Waals surface area contributed by atoms with Gasteiger partial charge in [-0.25, -0.2) is 0 Å². The molecule has 19 heavy (non-hydrogen) atoms. The van der Waals surface area contributed by atoms with E-state index in [1.54, 1.807) is 7.11 Å². The van der Waals surface area contributed by atoms with Gasteiger partial charge in [-0.2, -0.15) is 0 Å². The van der Waals surface area contributed by atoms with Crippen LogP contribution < -0.4 is 0 Å². The Morgan fingerprint density at radius 3 is 2.53 bits per heavy atom. The SMILES string of the molecule is COC1CCN(Cc2ccccc2CC(=O)O)CC1. The smallest absolute Gasteiger partial charge is 0.307 e. The largest absolute Gasteiger partial charge is 0.481 e. The summed E-state index contributed by atoms with van der Waals surface area (Å²) in [6, 6.07) is 7.81. The molecule has 0 unspecified atom stereocenters. The second kappa shape index (κ2) is 6.68. The number of carboxylic acid groups (broad SMARTS) is 1. The van der Waals surface area contributed by atoms with Crippen LogP contribution in [0.4, 0.5) is 0 Å². The van der Waals surface area contributed by atoms with Gasteiger partial charge in [-0.05, 0) is 24.0 Å².